The van der Waals surface area contributed by atoms with Gasteiger partial charge >= 0.3 is 0 Å². The third kappa shape index (κ3) is 4.04. The number of nitrogens with one attached hydrogen (secondary N) is 1. The summed E-state index contributed by atoms with van der Waals surface area (Å²) in [6.45, 7) is 3.54. The summed E-state index contributed by atoms with van der Waals surface area (Å²) in [4.78, 5) is 15.9. The first kappa shape index (κ1) is 16.2. The molecule has 0 saturated carbocycles. The fourth-order valence-electron chi connectivity index (χ4n) is 2.79. The summed E-state index contributed by atoms with van der Waals surface area (Å²) in [5.41, 5.74) is 0. The highest BCUT2D eigenvalue weighted by molar-refractivity contribution is 7.09. The molecule has 0 aliphatic carbocycles. The summed E-state index contributed by atoms with van der Waals surface area (Å²) < 4.78 is 11.0. The fourth-order valence-corrected chi connectivity index (χ4v) is 3.43. The highest BCUT2D eigenvalue weighted by Crippen LogP contribution is 2.24. The predicted octanol–water partition coefficient (Wildman–Crippen LogP) is 2.71. The van der Waals surface area contributed by atoms with Crippen molar-refractivity contribution in [3.05, 3.63) is 58.8 Å². The average molecular weight is 357 g/mol. The Morgan fingerprint density at radius 2 is 2.28 bits per heavy atom. The molecule has 0 aromatic carbocycles. The minimum absolute atomic E-state index is 0.0306. The molecule has 0 radical (unpaired) electrons. The SMILES string of the molecule is c1coc(CNc2ccnc(C3COCCN3Cc3nccs3)n2)c1. The molecule has 0 bridgehead atoms. The lowest BCUT2D eigenvalue weighted by molar-refractivity contribution is -0.0159. The molecule has 25 heavy (non-hydrogen) atoms. The van der Waals surface area contributed by atoms with Crippen molar-refractivity contribution in [3.63, 3.8) is 0 Å². The molecule has 1 unspecified atom stereocenters. The highest BCUT2D eigenvalue weighted by Gasteiger charge is 2.27. The van der Waals surface area contributed by atoms with Crippen molar-refractivity contribution in [2.24, 2.45) is 0 Å². The van der Waals surface area contributed by atoms with E-state index in [0.717, 1.165) is 42.1 Å². The maximum Gasteiger partial charge on any atom is 0.150 e. The van der Waals surface area contributed by atoms with Gasteiger partial charge in [0, 0.05) is 24.3 Å². The molecule has 1 N–H and O–H groups in total. The molecule has 3 aromatic heterocycles. The summed E-state index contributed by atoms with van der Waals surface area (Å²) in [5.74, 6) is 2.41. The number of nitrogens with zero attached hydrogens (tertiary/aromatic N) is 4. The van der Waals surface area contributed by atoms with E-state index in [1.807, 2.05) is 29.8 Å². The zero-order valence-corrected chi connectivity index (χ0v) is 14.5. The van der Waals surface area contributed by atoms with Crippen molar-refractivity contribution in [2.75, 3.05) is 25.1 Å². The van der Waals surface area contributed by atoms with Gasteiger partial charge in [-0.3, -0.25) is 4.90 Å². The van der Waals surface area contributed by atoms with E-state index < -0.39 is 0 Å². The Bertz CT molecular complexity index is 778. The van der Waals surface area contributed by atoms with E-state index in [2.05, 4.69) is 25.2 Å². The Morgan fingerprint density at radius 3 is 3.12 bits per heavy atom. The molecule has 7 nitrogen and oxygen atoms in total. The molecule has 4 heterocycles. The van der Waals surface area contributed by atoms with Crippen LogP contribution >= 0.6 is 11.3 Å². The van der Waals surface area contributed by atoms with Gasteiger partial charge in [0.15, 0.2) is 0 Å². The number of ether oxygens (including phenoxy) is 1. The molecule has 1 saturated heterocycles. The lowest BCUT2D eigenvalue weighted by atomic mass is 10.2. The summed E-state index contributed by atoms with van der Waals surface area (Å²) in [5, 5.41) is 6.37. The van der Waals surface area contributed by atoms with Crippen LogP contribution in [0.4, 0.5) is 5.82 Å². The first-order valence-electron chi connectivity index (χ1n) is 8.18. The Hall–Kier alpha value is -2.29. The van der Waals surface area contributed by atoms with Crippen LogP contribution in [0.3, 0.4) is 0 Å². The van der Waals surface area contributed by atoms with E-state index in [9.17, 15) is 0 Å². The number of anilines is 1. The molecule has 0 spiro atoms. The van der Waals surface area contributed by atoms with Gasteiger partial charge in [-0.15, -0.1) is 11.3 Å². The van der Waals surface area contributed by atoms with Crippen molar-refractivity contribution in [1.29, 1.82) is 0 Å². The van der Waals surface area contributed by atoms with E-state index in [-0.39, 0.29) is 6.04 Å². The van der Waals surface area contributed by atoms with Crippen LogP contribution in [-0.2, 0) is 17.8 Å². The van der Waals surface area contributed by atoms with Crippen LogP contribution in [0.1, 0.15) is 22.6 Å². The van der Waals surface area contributed by atoms with Gasteiger partial charge in [0.1, 0.15) is 22.4 Å². The van der Waals surface area contributed by atoms with Crippen molar-refractivity contribution in [3.8, 4) is 0 Å². The van der Waals surface area contributed by atoms with Crippen LogP contribution in [0.15, 0.2) is 46.7 Å². The largest absolute Gasteiger partial charge is 0.467 e. The molecular weight excluding hydrogens is 338 g/mol. The van der Waals surface area contributed by atoms with Crippen molar-refractivity contribution in [2.45, 2.75) is 19.1 Å². The second-order valence-corrected chi connectivity index (χ2v) is 6.70. The van der Waals surface area contributed by atoms with E-state index >= 15 is 0 Å². The predicted molar refractivity (Wildman–Crippen MR) is 94.2 cm³/mol. The molecule has 3 aromatic rings. The molecule has 1 aliphatic rings. The van der Waals surface area contributed by atoms with Gasteiger partial charge in [-0.25, -0.2) is 15.0 Å². The number of thiazole rings is 1. The van der Waals surface area contributed by atoms with Gasteiger partial charge < -0.3 is 14.5 Å². The number of rotatable bonds is 6. The lowest BCUT2D eigenvalue weighted by Gasteiger charge is -2.33. The average Bonchev–Trinajstić information content (AvgIpc) is 3.35. The third-order valence-corrected chi connectivity index (χ3v) is 4.82. The van der Waals surface area contributed by atoms with E-state index in [1.54, 1.807) is 23.8 Å². The Morgan fingerprint density at radius 1 is 1.28 bits per heavy atom. The van der Waals surface area contributed by atoms with E-state index in [0.29, 0.717) is 13.2 Å². The zero-order chi connectivity index (χ0) is 16.9. The van der Waals surface area contributed by atoms with Crippen molar-refractivity contribution >= 4 is 17.2 Å². The molecule has 1 aliphatic heterocycles. The summed E-state index contributed by atoms with van der Waals surface area (Å²) in [6.07, 6.45) is 5.28. The maximum atomic E-state index is 5.67. The summed E-state index contributed by atoms with van der Waals surface area (Å²) in [7, 11) is 0. The van der Waals surface area contributed by atoms with Crippen LogP contribution in [0.25, 0.3) is 0 Å². The Kier molecular flexibility index (Phi) is 5.01. The van der Waals surface area contributed by atoms with Gasteiger partial charge in [0.25, 0.3) is 0 Å². The normalized spacial score (nSPS) is 18.3. The molecule has 1 atom stereocenters. The van der Waals surface area contributed by atoms with Crippen LogP contribution in [0.5, 0.6) is 0 Å². The monoisotopic (exact) mass is 357 g/mol. The minimum atomic E-state index is 0.0306. The van der Waals surface area contributed by atoms with Gasteiger partial charge in [0.05, 0.1) is 38.6 Å². The molecule has 8 heteroatoms. The second-order valence-electron chi connectivity index (χ2n) is 5.72. The maximum absolute atomic E-state index is 5.67. The highest BCUT2D eigenvalue weighted by atomic mass is 32.1. The molecule has 1 fully saturated rings. The number of aromatic nitrogens is 3. The smallest absolute Gasteiger partial charge is 0.150 e. The summed E-state index contributed by atoms with van der Waals surface area (Å²) >= 11 is 1.67. The minimum Gasteiger partial charge on any atom is -0.467 e. The first-order chi connectivity index (χ1) is 12.4. The van der Waals surface area contributed by atoms with Crippen LogP contribution in [0.2, 0.25) is 0 Å². The second kappa shape index (κ2) is 7.73. The topological polar surface area (TPSA) is 76.3 Å². The molecular formula is C17H19N5O2S. The third-order valence-electron chi connectivity index (χ3n) is 4.06. The number of hydrogen-bond donors (Lipinski definition) is 1. The standard InChI is InChI=1S/C17H19N5O2S/c1-2-13(24-7-1)10-20-15-3-4-19-17(21-15)14-12-23-8-6-22(14)11-16-18-5-9-25-16/h1-5,7,9,14H,6,8,10-12H2,(H,19,20,21). The van der Waals surface area contributed by atoms with Crippen LogP contribution < -0.4 is 5.32 Å². The van der Waals surface area contributed by atoms with Crippen LogP contribution in [0, 0.1) is 0 Å². The molecule has 130 valence electrons. The van der Waals surface area contributed by atoms with Gasteiger partial charge in [0.2, 0.25) is 0 Å². The van der Waals surface area contributed by atoms with E-state index in [1.165, 1.54) is 0 Å². The summed E-state index contributed by atoms with van der Waals surface area (Å²) in [6, 6.07) is 5.70. The zero-order valence-electron chi connectivity index (χ0n) is 13.7. The molecule has 4 rings (SSSR count). The van der Waals surface area contributed by atoms with Gasteiger partial charge in [-0.1, -0.05) is 0 Å². The number of hydrogen-bond acceptors (Lipinski definition) is 8. The van der Waals surface area contributed by atoms with Gasteiger partial charge in [-0.05, 0) is 18.2 Å². The van der Waals surface area contributed by atoms with Crippen molar-refractivity contribution < 1.29 is 9.15 Å². The van der Waals surface area contributed by atoms with Crippen molar-refractivity contribution in [1.82, 2.24) is 19.9 Å². The molecule has 0 amide bonds. The lowest BCUT2D eigenvalue weighted by Crippen LogP contribution is -2.39. The fraction of sp³-hybridized carbons (Fsp3) is 0.353. The first-order valence-corrected chi connectivity index (χ1v) is 9.06. The van der Waals surface area contributed by atoms with E-state index in [4.69, 9.17) is 9.15 Å². The number of morpholine rings is 1. The van der Waals surface area contributed by atoms with Crippen LogP contribution in [-0.4, -0.2) is 39.6 Å². The number of furan rings is 1. The van der Waals surface area contributed by atoms with Gasteiger partial charge in [-0.2, -0.15) is 0 Å². The Labute approximate surface area is 149 Å². The Balaban J connectivity index is 1.47. The quantitative estimate of drug-likeness (QED) is 0.727.